The number of ether oxygens (including phenoxy) is 1. The molecule has 1 aliphatic heterocycles. The molecule has 16 heavy (non-hydrogen) atoms. The van der Waals surface area contributed by atoms with E-state index >= 15 is 0 Å². The van der Waals surface area contributed by atoms with Crippen LogP contribution in [0.15, 0.2) is 10.7 Å². The van der Waals surface area contributed by atoms with Crippen molar-refractivity contribution >= 4 is 27.7 Å². The minimum absolute atomic E-state index is 0.191. The number of halogens is 1. The van der Waals surface area contributed by atoms with Crippen LogP contribution in [0.4, 0.5) is 11.8 Å². The molecule has 2 atom stereocenters. The fourth-order valence-electron chi connectivity index (χ4n) is 1.79. The van der Waals surface area contributed by atoms with Gasteiger partial charge < -0.3 is 15.8 Å². The van der Waals surface area contributed by atoms with Crippen molar-refractivity contribution < 1.29 is 4.74 Å². The predicted molar refractivity (Wildman–Crippen MR) is 66.2 cm³/mol. The van der Waals surface area contributed by atoms with Gasteiger partial charge in [0.1, 0.15) is 10.4 Å². The molecule has 1 aliphatic rings. The number of nitrogens with two attached hydrogens (primary N) is 1. The monoisotopic (exact) mass is 286 g/mol. The van der Waals surface area contributed by atoms with Gasteiger partial charge in [0.05, 0.1) is 12.1 Å². The van der Waals surface area contributed by atoms with E-state index in [1.54, 1.807) is 6.07 Å². The maximum absolute atomic E-state index is 5.64. The van der Waals surface area contributed by atoms with E-state index in [1.165, 1.54) is 0 Å². The lowest BCUT2D eigenvalue weighted by Gasteiger charge is -2.19. The lowest BCUT2D eigenvalue weighted by Crippen LogP contribution is -2.30. The topological polar surface area (TPSA) is 73.1 Å². The van der Waals surface area contributed by atoms with Crippen LogP contribution < -0.4 is 11.1 Å². The minimum atomic E-state index is 0.191. The number of hydrogen-bond acceptors (Lipinski definition) is 5. The predicted octanol–water partition coefficient (Wildman–Crippen LogP) is 1.80. The van der Waals surface area contributed by atoms with Crippen LogP contribution in [0, 0.1) is 0 Å². The van der Waals surface area contributed by atoms with Gasteiger partial charge in [-0.15, -0.1) is 0 Å². The Bertz CT molecular complexity index is 348. The SMILES string of the molecule is CC(Nc1nc(N)cc(Br)n1)C1CCCO1. The summed E-state index contributed by atoms with van der Waals surface area (Å²) < 4.78 is 6.27. The summed E-state index contributed by atoms with van der Waals surface area (Å²) in [5, 5.41) is 3.21. The van der Waals surface area contributed by atoms with E-state index in [2.05, 4.69) is 38.1 Å². The average Bonchev–Trinajstić information content (AvgIpc) is 2.68. The van der Waals surface area contributed by atoms with Crippen LogP contribution >= 0.6 is 15.9 Å². The highest BCUT2D eigenvalue weighted by Gasteiger charge is 2.22. The van der Waals surface area contributed by atoms with E-state index in [4.69, 9.17) is 10.5 Å². The quantitative estimate of drug-likeness (QED) is 0.829. The summed E-state index contributed by atoms with van der Waals surface area (Å²) >= 11 is 3.28. The highest BCUT2D eigenvalue weighted by Crippen LogP contribution is 2.19. The van der Waals surface area contributed by atoms with Crippen LogP contribution in [0.25, 0.3) is 0 Å². The Morgan fingerprint density at radius 1 is 1.62 bits per heavy atom. The first-order valence-corrected chi connectivity index (χ1v) is 6.12. The van der Waals surface area contributed by atoms with Crippen molar-refractivity contribution in [3.8, 4) is 0 Å². The van der Waals surface area contributed by atoms with E-state index in [-0.39, 0.29) is 12.1 Å². The summed E-state index contributed by atoms with van der Waals surface area (Å²) in [6, 6.07) is 1.86. The smallest absolute Gasteiger partial charge is 0.226 e. The Morgan fingerprint density at radius 2 is 2.44 bits per heavy atom. The molecular formula is C10H15BrN4O. The summed E-state index contributed by atoms with van der Waals surface area (Å²) in [4.78, 5) is 8.32. The van der Waals surface area contributed by atoms with Gasteiger partial charge >= 0.3 is 0 Å². The lowest BCUT2D eigenvalue weighted by atomic mass is 10.1. The number of hydrogen-bond donors (Lipinski definition) is 2. The van der Waals surface area contributed by atoms with Gasteiger partial charge in [0.15, 0.2) is 0 Å². The third-order valence-electron chi connectivity index (χ3n) is 2.59. The first-order chi connectivity index (χ1) is 7.65. The largest absolute Gasteiger partial charge is 0.383 e. The Kier molecular flexibility index (Phi) is 3.60. The van der Waals surface area contributed by atoms with Crippen molar-refractivity contribution in [3.63, 3.8) is 0 Å². The zero-order valence-electron chi connectivity index (χ0n) is 9.11. The third-order valence-corrected chi connectivity index (χ3v) is 3.00. The molecule has 0 spiro atoms. The Morgan fingerprint density at radius 3 is 3.06 bits per heavy atom. The first kappa shape index (κ1) is 11.6. The Balaban J connectivity index is 2.02. The molecule has 2 rings (SSSR count). The fourth-order valence-corrected chi connectivity index (χ4v) is 2.20. The molecule has 5 nitrogen and oxygen atoms in total. The second-order valence-electron chi connectivity index (χ2n) is 3.92. The summed E-state index contributed by atoms with van der Waals surface area (Å²) in [7, 11) is 0. The summed E-state index contributed by atoms with van der Waals surface area (Å²) in [5.41, 5.74) is 5.64. The molecule has 1 fully saturated rings. The van der Waals surface area contributed by atoms with Crippen molar-refractivity contribution in [3.05, 3.63) is 10.7 Å². The van der Waals surface area contributed by atoms with Gasteiger partial charge in [0.25, 0.3) is 0 Å². The van der Waals surface area contributed by atoms with E-state index < -0.39 is 0 Å². The molecule has 0 amide bonds. The normalized spacial score (nSPS) is 22.0. The van der Waals surface area contributed by atoms with Crippen molar-refractivity contribution in [2.75, 3.05) is 17.7 Å². The molecular weight excluding hydrogens is 272 g/mol. The van der Waals surface area contributed by atoms with Gasteiger partial charge in [-0.3, -0.25) is 0 Å². The van der Waals surface area contributed by atoms with Crippen LogP contribution in [0.1, 0.15) is 19.8 Å². The Labute approximate surface area is 103 Å². The van der Waals surface area contributed by atoms with Gasteiger partial charge in [-0.2, -0.15) is 4.98 Å². The minimum Gasteiger partial charge on any atom is -0.383 e. The van der Waals surface area contributed by atoms with Gasteiger partial charge in [-0.05, 0) is 35.7 Å². The van der Waals surface area contributed by atoms with Gasteiger partial charge in [0, 0.05) is 12.7 Å². The van der Waals surface area contributed by atoms with Crippen molar-refractivity contribution in [1.82, 2.24) is 9.97 Å². The van der Waals surface area contributed by atoms with Crippen molar-refractivity contribution in [2.24, 2.45) is 0 Å². The number of nitrogens with zero attached hydrogens (tertiary/aromatic N) is 2. The fraction of sp³-hybridized carbons (Fsp3) is 0.600. The molecule has 0 bridgehead atoms. The zero-order chi connectivity index (χ0) is 11.5. The molecule has 1 aromatic rings. The van der Waals surface area contributed by atoms with E-state index in [0.29, 0.717) is 16.4 Å². The van der Waals surface area contributed by atoms with Crippen LogP contribution in [0.2, 0.25) is 0 Å². The molecule has 0 radical (unpaired) electrons. The van der Waals surface area contributed by atoms with Crippen LogP contribution in [-0.4, -0.2) is 28.7 Å². The highest BCUT2D eigenvalue weighted by molar-refractivity contribution is 9.10. The van der Waals surface area contributed by atoms with Gasteiger partial charge in [-0.25, -0.2) is 4.98 Å². The number of anilines is 2. The van der Waals surface area contributed by atoms with Crippen molar-refractivity contribution in [1.29, 1.82) is 0 Å². The van der Waals surface area contributed by atoms with Gasteiger partial charge in [0.2, 0.25) is 5.95 Å². The van der Waals surface area contributed by atoms with E-state index in [0.717, 1.165) is 19.4 Å². The molecule has 0 aromatic carbocycles. The Hall–Kier alpha value is -0.880. The molecule has 1 aromatic heterocycles. The molecule has 88 valence electrons. The molecule has 2 heterocycles. The van der Waals surface area contributed by atoms with E-state index in [1.807, 2.05) is 0 Å². The lowest BCUT2D eigenvalue weighted by molar-refractivity contribution is 0.0994. The van der Waals surface area contributed by atoms with Crippen LogP contribution in [0.5, 0.6) is 0 Å². The summed E-state index contributed by atoms with van der Waals surface area (Å²) in [6.07, 6.45) is 2.44. The van der Waals surface area contributed by atoms with E-state index in [9.17, 15) is 0 Å². The maximum Gasteiger partial charge on any atom is 0.226 e. The zero-order valence-corrected chi connectivity index (χ0v) is 10.7. The summed E-state index contributed by atoms with van der Waals surface area (Å²) in [5.74, 6) is 0.985. The second-order valence-corrected chi connectivity index (χ2v) is 4.74. The maximum atomic E-state index is 5.64. The van der Waals surface area contributed by atoms with Crippen LogP contribution in [-0.2, 0) is 4.74 Å². The number of rotatable bonds is 3. The number of aromatic nitrogens is 2. The highest BCUT2D eigenvalue weighted by atomic mass is 79.9. The average molecular weight is 287 g/mol. The second kappa shape index (κ2) is 4.97. The molecule has 2 unspecified atom stereocenters. The molecule has 0 saturated carbocycles. The number of nitrogen functional groups attached to an aromatic ring is 1. The van der Waals surface area contributed by atoms with Crippen molar-refractivity contribution in [2.45, 2.75) is 31.9 Å². The third kappa shape index (κ3) is 2.82. The molecule has 1 saturated heterocycles. The molecule has 3 N–H and O–H groups in total. The number of nitrogens with one attached hydrogen (secondary N) is 1. The molecule has 0 aliphatic carbocycles. The standard InChI is InChI=1S/C10H15BrN4O/c1-6(7-3-2-4-16-7)13-10-14-8(11)5-9(12)15-10/h5-7H,2-4H2,1H3,(H3,12,13,14,15). The van der Waals surface area contributed by atoms with Crippen LogP contribution in [0.3, 0.4) is 0 Å². The van der Waals surface area contributed by atoms with Gasteiger partial charge in [-0.1, -0.05) is 0 Å². The summed E-state index contributed by atoms with van der Waals surface area (Å²) in [6.45, 7) is 2.91. The molecule has 6 heteroatoms. The first-order valence-electron chi connectivity index (χ1n) is 5.33.